The van der Waals surface area contributed by atoms with Gasteiger partial charge in [0.2, 0.25) is 5.91 Å². The van der Waals surface area contributed by atoms with Crippen molar-refractivity contribution in [3.63, 3.8) is 0 Å². The number of carboxylic acids is 1. The zero-order valence-corrected chi connectivity index (χ0v) is 12.3. The van der Waals surface area contributed by atoms with Gasteiger partial charge in [0.25, 0.3) is 0 Å². The maximum Gasteiger partial charge on any atom is 0.334 e. The highest BCUT2D eigenvalue weighted by atomic mass is 16.4. The number of benzene rings is 1. The van der Waals surface area contributed by atoms with Crippen molar-refractivity contribution in [2.75, 3.05) is 0 Å². The van der Waals surface area contributed by atoms with Gasteiger partial charge in [-0.2, -0.15) is 5.10 Å². The lowest BCUT2D eigenvalue weighted by atomic mass is 9.87. The summed E-state index contributed by atoms with van der Waals surface area (Å²) in [6, 6.07) is 8.72. The number of aromatic nitrogens is 3. The van der Waals surface area contributed by atoms with Crippen molar-refractivity contribution in [3.05, 3.63) is 48.5 Å². The molecule has 0 spiro atoms. The first kappa shape index (κ1) is 15.7. The smallest absolute Gasteiger partial charge is 0.334 e. The minimum Gasteiger partial charge on any atom is -0.479 e. The molecule has 1 unspecified atom stereocenters. The molecule has 1 amide bonds. The maximum absolute atomic E-state index is 12.2. The Hall–Kier alpha value is -2.70. The van der Waals surface area contributed by atoms with Gasteiger partial charge in [-0.15, -0.1) is 0 Å². The summed E-state index contributed by atoms with van der Waals surface area (Å²) in [6.45, 7) is 2.08. The van der Waals surface area contributed by atoms with Gasteiger partial charge in [0.1, 0.15) is 12.7 Å². The van der Waals surface area contributed by atoms with E-state index < -0.39 is 11.5 Å². The van der Waals surface area contributed by atoms with Gasteiger partial charge >= 0.3 is 5.97 Å². The quantitative estimate of drug-likeness (QED) is 0.800. The van der Waals surface area contributed by atoms with Crippen LogP contribution in [0.3, 0.4) is 0 Å². The molecule has 1 aromatic heterocycles. The van der Waals surface area contributed by atoms with E-state index in [2.05, 4.69) is 15.4 Å². The summed E-state index contributed by atoms with van der Waals surface area (Å²) >= 11 is 0. The van der Waals surface area contributed by atoms with E-state index in [4.69, 9.17) is 0 Å². The number of carbonyl (C=O) groups excluding carboxylic acids is 1. The lowest BCUT2D eigenvalue weighted by Crippen LogP contribution is -2.51. The number of aryl methyl sites for hydroxylation is 1. The Morgan fingerprint density at radius 1 is 1.32 bits per heavy atom. The monoisotopic (exact) mass is 302 g/mol. The van der Waals surface area contributed by atoms with Crippen molar-refractivity contribution >= 4 is 11.9 Å². The standard InChI is InChI=1S/C15H18N4O3/c1-2-15(14(21)22,12-6-4-3-5-7-12)18-13(20)8-9-19-11-16-10-17-19/h3-7,10-11H,2,8-9H2,1H3,(H,18,20)(H,21,22). The Bertz CT molecular complexity index is 628. The molecule has 1 aromatic carbocycles. The molecule has 0 saturated carbocycles. The number of rotatable bonds is 7. The lowest BCUT2D eigenvalue weighted by molar-refractivity contribution is -0.148. The predicted octanol–water partition coefficient (Wildman–Crippen LogP) is 1.17. The predicted molar refractivity (Wildman–Crippen MR) is 78.8 cm³/mol. The van der Waals surface area contributed by atoms with E-state index in [1.165, 1.54) is 17.3 Å². The molecule has 2 rings (SSSR count). The van der Waals surface area contributed by atoms with Crippen LogP contribution in [-0.2, 0) is 21.7 Å². The fraction of sp³-hybridized carbons (Fsp3) is 0.333. The highest BCUT2D eigenvalue weighted by Gasteiger charge is 2.39. The summed E-state index contributed by atoms with van der Waals surface area (Å²) in [6.07, 6.45) is 3.27. The molecule has 0 aliphatic carbocycles. The van der Waals surface area contributed by atoms with Crippen LogP contribution in [0.5, 0.6) is 0 Å². The molecule has 0 radical (unpaired) electrons. The van der Waals surface area contributed by atoms with Gasteiger partial charge in [-0.3, -0.25) is 9.48 Å². The number of amides is 1. The average Bonchev–Trinajstić information content (AvgIpc) is 3.04. The highest BCUT2D eigenvalue weighted by molar-refractivity contribution is 5.88. The fourth-order valence-electron chi connectivity index (χ4n) is 2.28. The summed E-state index contributed by atoms with van der Waals surface area (Å²) in [5.41, 5.74) is -0.861. The van der Waals surface area contributed by atoms with Crippen LogP contribution in [0.15, 0.2) is 43.0 Å². The number of hydrogen-bond acceptors (Lipinski definition) is 4. The number of aliphatic carboxylic acids is 1. The molecule has 1 atom stereocenters. The third-order valence-corrected chi connectivity index (χ3v) is 3.55. The Labute approximate surface area is 128 Å². The van der Waals surface area contributed by atoms with Gasteiger partial charge in [0, 0.05) is 6.42 Å². The van der Waals surface area contributed by atoms with Gasteiger partial charge in [0.05, 0.1) is 6.54 Å². The van der Waals surface area contributed by atoms with E-state index >= 15 is 0 Å². The largest absolute Gasteiger partial charge is 0.479 e. The van der Waals surface area contributed by atoms with E-state index in [1.54, 1.807) is 37.3 Å². The van der Waals surface area contributed by atoms with E-state index in [-0.39, 0.29) is 18.7 Å². The number of carbonyl (C=O) groups is 2. The van der Waals surface area contributed by atoms with Crippen molar-refractivity contribution in [3.8, 4) is 0 Å². The molecule has 0 fully saturated rings. The van der Waals surface area contributed by atoms with Crippen LogP contribution >= 0.6 is 0 Å². The Kier molecular flexibility index (Phi) is 4.88. The van der Waals surface area contributed by atoms with Gasteiger partial charge in [-0.1, -0.05) is 37.3 Å². The summed E-state index contributed by atoms with van der Waals surface area (Å²) < 4.78 is 1.52. The molecular formula is C15H18N4O3. The molecule has 0 aliphatic heterocycles. The van der Waals surface area contributed by atoms with Gasteiger partial charge in [0.15, 0.2) is 5.54 Å². The van der Waals surface area contributed by atoms with Crippen molar-refractivity contribution in [2.24, 2.45) is 0 Å². The zero-order chi connectivity index (χ0) is 16.0. The van der Waals surface area contributed by atoms with Crippen LogP contribution in [0.4, 0.5) is 0 Å². The summed E-state index contributed by atoms with van der Waals surface area (Å²) in [5, 5.41) is 16.2. The average molecular weight is 302 g/mol. The molecule has 116 valence electrons. The molecule has 2 N–H and O–H groups in total. The Balaban J connectivity index is 2.13. The fourth-order valence-corrected chi connectivity index (χ4v) is 2.28. The number of nitrogens with one attached hydrogen (secondary N) is 1. The van der Waals surface area contributed by atoms with Gasteiger partial charge < -0.3 is 10.4 Å². The van der Waals surface area contributed by atoms with Crippen molar-refractivity contribution in [1.29, 1.82) is 0 Å². The van der Waals surface area contributed by atoms with E-state index in [9.17, 15) is 14.7 Å². The first-order valence-corrected chi connectivity index (χ1v) is 7.01. The molecule has 0 saturated heterocycles. The molecule has 1 heterocycles. The number of carboxylic acid groups (broad SMARTS) is 1. The molecule has 0 aliphatic rings. The minimum atomic E-state index is -1.42. The van der Waals surface area contributed by atoms with Crippen molar-refractivity contribution in [1.82, 2.24) is 20.1 Å². The number of nitrogens with zero attached hydrogens (tertiary/aromatic N) is 3. The van der Waals surface area contributed by atoms with Gasteiger partial charge in [-0.05, 0) is 12.0 Å². The molecule has 7 heteroatoms. The third kappa shape index (κ3) is 3.30. The normalized spacial score (nSPS) is 13.3. The SMILES string of the molecule is CCC(NC(=O)CCn1cncn1)(C(=O)O)c1ccccc1. The maximum atomic E-state index is 12.2. The second kappa shape index (κ2) is 6.84. The van der Waals surface area contributed by atoms with Crippen molar-refractivity contribution in [2.45, 2.75) is 31.8 Å². The second-order valence-electron chi connectivity index (χ2n) is 4.89. The van der Waals surface area contributed by atoms with E-state index in [0.717, 1.165) is 0 Å². The van der Waals surface area contributed by atoms with Crippen molar-refractivity contribution < 1.29 is 14.7 Å². The minimum absolute atomic E-state index is 0.130. The summed E-state index contributed by atoms with van der Waals surface area (Å²) in [4.78, 5) is 27.7. The van der Waals surface area contributed by atoms with Gasteiger partial charge in [-0.25, -0.2) is 9.78 Å². The lowest BCUT2D eigenvalue weighted by Gasteiger charge is -2.30. The summed E-state index contributed by atoms with van der Waals surface area (Å²) in [5.74, 6) is -1.42. The first-order chi connectivity index (χ1) is 10.6. The highest BCUT2D eigenvalue weighted by Crippen LogP contribution is 2.25. The second-order valence-corrected chi connectivity index (χ2v) is 4.89. The zero-order valence-electron chi connectivity index (χ0n) is 12.3. The van der Waals surface area contributed by atoms with Crippen LogP contribution < -0.4 is 5.32 Å². The van der Waals surface area contributed by atoms with Crippen LogP contribution in [0.1, 0.15) is 25.3 Å². The van der Waals surface area contributed by atoms with E-state index in [1.807, 2.05) is 0 Å². The van der Waals surface area contributed by atoms with Crippen LogP contribution in [0.25, 0.3) is 0 Å². The van der Waals surface area contributed by atoms with Crippen LogP contribution in [0, 0.1) is 0 Å². The molecule has 0 bridgehead atoms. The topological polar surface area (TPSA) is 97.1 Å². The summed E-state index contributed by atoms with van der Waals surface area (Å²) in [7, 11) is 0. The van der Waals surface area contributed by atoms with Crippen LogP contribution in [0.2, 0.25) is 0 Å². The third-order valence-electron chi connectivity index (χ3n) is 3.55. The van der Waals surface area contributed by atoms with E-state index in [0.29, 0.717) is 12.1 Å². The Morgan fingerprint density at radius 3 is 2.59 bits per heavy atom. The molecule has 22 heavy (non-hydrogen) atoms. The van der Waals surface area contributed by atoms with Crippen LogP contribution in [-0.4, -0.2) is 31.7 Å². The first-order valence-electron chi connectivity index (χ1n) is 7.01. The Morgan fingerprint density at radius 2 is 2.05 bits per heavy atom. The molecular weight excluding hydrogens is 284 g/mol. The molecule has 7 nitrogen and oxygen atoms in total. The molecule has 2 aromatic rings. The number of hydrogen-bond donors (Lipinski definition) is 2.